The lowest BCUT2D eigenvalue weighted by Crippen LogP contribution is -2.63. The minimum absolute atomic E-state index is 0.340. The smallest absolute Gasteiger partial charge is 0.260 e. The molecule has 24 heavy (non-hydrogen) atoms. The highest BCUT2D eigenvalue weighted by Gasteiger charge is 2.50. The molecule has 3 aliphatic rings. The summed E-state index contributed by atoms with van der Waals surface area (Å²) in [4.78, 5) is 24.9. The van der Waals surface area contributed by atoms with Crippen molar-refractivity contribution in [3.05, 3.63) is 18.6 Å². The third kappa shape index (κ3) is 2.75. The zero-order chi connectivity index (χ0) is 16.6. The van der Waals surface area contributed by atoms with Gasteiger partial charge in [0.15, 0.2) is 5.67 Å². The van der Waals surface area contributed by atoms with Crippen LogP contribution in [0.4, 0.5) is 10.2 Å². The van der Waals surface area contributed by atoms with Crippen LogP contribution in [-0.4, -0.2) is 64.8 Å². The molecule has 4 rings (SSSR count). The Morgan fingerprint density at radius 3 is 2.75 bits per heavy atom. The number of morpholine rings is 1. The van der Waals surface area contributed by atoms with Gasteiger partial charge in [-0.2, -0.15) is 0 Å². The molecule has 130 valence electrons. The number of hydrogen-bond donors (Lipinski definition) is 0. The monoisotopic (exact) mass is 334 g/mol. The number of anilines is 1. The average Bonchev–Trinajstić information content (AvgIpc) is 2.60. The van der Waals surface area contributed by atoms with Gasteiger partial charge in [0.05, 0.1) is 25.9 Å². The Bertz CT molecular complexity index is 606. The molecule has 1 aromatic heterocycles. The van der Waals surface area contributed by atoms with E-state index < -0.39 is 11.3 Å². The molecule has 0 aromatic carbocycles. The van der Waals surface area contributed by atoms with Crippen LogP contribution in [-0.2, 0) is 9.53 Å². The van der Waals surface area contributed by atoms with Gasteiger partial charge in [-0.15, -0.1) is 0 Å². The quantitative estimate of drug-likeness (QED) is 0.822. The zero-order valence-electron chi connectivity index (χ0n) is 13.8. The minimum atomic E-state index is -1.63. The van der Waals surface area contributed by atoms with Gasteiger partial charge in [-0.05, 0) is 32.1 Å². The Labute approximate surface area is 141 Å². The molecular formula is C17H23FN4O2. The number of aromatic nitrogens is 2. The van der Waals surface area contributed by atoms with Crippen molar-refractivity contribution in [3.63, 3.8) is 0 Å². The molecule has 1 atom stereocenters. The average molecular weight is 334 g/mol. The number of hydrogen-bond acceptors (Lipinski definition) is 5. The van der Waals surface area contributed by atoms with Gasteiger partial charge >= 0.3 is 0 Å². The highest BCUT2D eigenvalue weighted by molar-refractivity contribution is 5.86. The largest absolute Gasteiger partial charge is 0.369 e. The molecule has 0 radical (unpaired) electrons. The topological polar surface area (TPSA) is 58.6 Å². The van der Waals surface area contributed by atoms with Crippen LogP contribution in [0.5, 0.6) is 0 Å². The summed E-state index contributed by atoms with van der Waals surface area (Å²) in [5.41, 5.74) is -2.05. The fraction of sp³-hybridized carbons (Fsp3) is 0.706. The Hall–Kier alpha value is -1.76. The second-order valence-corrected chi connectivity index (χ2v) is 7.17. The fourth-order valence-electron chi connectivity index (χ4n) is 4.00. The number of halogens is 1. The second-order valence-electron chi connectivity index (χ2n) is 7.17. The Balaban J connectivity index is 1.48. The molecule has 2 aliphatic heterocycles. The van der Waals surface area contributed by atoms with Crippen LogP contribution in [0.25, 0.3) is 0 Å². The summed E-state index contributed by atoms with van der Waals surface area (Å²) in [6.45, 7) is 2.97. The maximum atomic E-state index is 14.5. The summed E-state index contributed by atoms with van der Waals surface area (Å²) < 4.78 is 20.6. The summed E-state index contributed by atoms with van der Waals surface area (Å²) in [6, 6.07) is 0. The highest BCUT2D eigenvalue weighted by Crippen LogP contribution is 2.39. The van der Waals surface area contributed by atoms with Crippen LogP contribution in [0.1, 0.15) is 32.1 Å². The fourth-order valence-corrected chi connectivity index (χ4v) is 4.00. The Kier molecular flexibility index (Phi) is 3.90. The molecule has 2 saturated heterocycles. The van der Waals surface area contributed by atoms with Gasteiger partial charge in [0, 0.05) is 25.5 Å². The maximum Gasteiger partial charge on any atom is 0.260 e. The number of rotatable bonds is 2. The molecule has 3 heterocycles. The van der Waals surface area contributed by atoms with Gasteiger partial charge in [0.1, 0.15) is 11.4 Å². The van der Waals surface area contributed by atoms with E-state index >= 15 is 0 Å². The molecule has 3 fully saturated rings. The summed E-state index contributed by atoms with van der Waals surface area (Å²) in [6.07, 6.45) is 8.45. The summed E-state index contributed by atoms with van der Waals surface area (Å²) in [5.74, 6) is 0.484. The van der Waals surface area contributed by atoms with Crippen LogP contribution < -0.4 is 4.90 Å². The SMILES string of the molecule is O=C(N1CCOC2(CCCN(c3cnccn3)C2)C1)C1(F)CCC1. The number of alkyl halides is 1. The van der Waals surface area contributed by atoms with Crippen molar-refractivity contribution in [3.8, 4) is 0 Å². The molecule has 1 aliphatic carbocycles. The number of carbonyl (C=O) groups excluding carboxylic acids is 1. The van der Waals surface area contributed by atoms with Crippen molar-refractivity contribution in [2.24, 2.45) is 0 Å². The lowest BCUT2D eigenvalue weighted by Gasteiger charge is -2.49. The van der Waals surface area contributed by atoms with Crippen molar-refractivity contribution in [2.45, 2.75) is 43.4 Å². The molecule has 6 nitrogen and oxygen atoms in total. The molecule has 1 spiro atoms. The first-order valence-electron chi connectivity index (χ1n) is 8.74. The van der Waals surface area contributed by atoms with Gasteiger partial charge < -0.3 is 14.5 Å². The third-order valence-electron chi connectivity index (χ3n) is 5.48. The van der Waals surface area contributed by atoms with Crippen LogP contribution in [0, 0.1) is 0 Å². The van der Waals surface area contributed by atoms with Crippen LogP contribution >= 0.6 is 0 Å². The van der Waals surface area contributed by atoms with Crippen molar-refractivity contribution in [2.75, 3.05) is 37.7 Å². The standard InChI is InChI=1S/C17H23FN4O2/c18-17(4-1-5-17)15(23)22-9-10-24-16(13-22)3-2-8-21(12-16)14-11-19-6-7-20-14/h6-7,11H,1-5,8-10,12-13H2. The minimum Gasteiger partial charge on any atom is -0.369 e. The van der Waals surface area contributed by atoms with Crippen molar-refractivity contribution in [1.82, 2.24) is 14.9 Å². The number of carbonyl (C=O) groups is 1. The third-order valence-corrected chi connectivity index (χ3v) is 5.48. The van der Waals surface area contributed by atoms with Crippen molar-refractivity contribution < 1.29 is 13.9 Å². The van der Waals surface area contributed by atoms with E-state index in [4.69, 9.17) is 4.74 Å². The Morgan fingerprint density at radius 2 is 2.04 bits per heavy atom. The summed E-state index contributed by atoms with van der Waals surface area (Å²) >= 11 is 0. The normalized spacial score (nSPS) is 29.4. The highest BCUT2D eigenvalue weighted by atomic mass is 19.1. The first-order chi connectivity index (χ1) is 11.6. The van der Waals surface area contributed by atoms with Gasteiger partial charge in [0.2, 0.25) is 0 Å². The van der Waals surface area contributed by atoms with Gasteiger partial charge in [-0.25, -0.2) is 9.37 Å². The zero-order valence-corrected chi connectivity index (χ0v) is 13.8. The predicted molar refractivity (Wildman–Crippen MR) is 86.4 cm³/mol. The molecule has 1 aromatic rings. The molecule has 1 saturated carbocycles. The second kappa shape index (κ2) is 5.95. The first kappa shape index (κ1) is 15.7. The molecular weight excluding hydrogens is 311 g/mol. The maximum absolute atomic E-state index is 14.5. The van der Waals surface area contributed by atoms with E-state index in [-0.39, 0.29) is 5.91 Å². The summed E-state index contributed by atoms with van der Waals surface area (Å²) in [5, 5.41) is 0. The van der Waals surface area contributed by atoms with E-state index in [0.29, 0.717) is 39.1 Å². The molecule has 1 unspecified atom stereocenters. The molecule has 1 amide bonds. The van der Waals surface area contributed by atoms with E-state index in [2.05, 4.69) is 14.9 Å². The van der Waals surface area contributed by atoms with Gasteiger partial charge in [0.25, 0.3) is 5.91 Å². The lowest BCUT2D eigenvalue weighted by molar-refractivity contribution is -0.168. The van der Waals surface area contributed by atoms with Crippen LogP contribution in [0.2, 0.25) is 0 Å². The first-order valence-corrected chi connectivity index (χ1v) is 8.74. The van der Waals surface area contributed by atoms with E-state index in [0.717, 1.165) is 31.6 Å². The number of ether oxygens (including phenoxy) is 1. The van der Waals surface area contributed by atoms with E-state index in [1.807, 2.05) is 0 Å². The molecule has 7 heteroatoms. The van der Waals surface area contributed by atoms with Crippen LogP contribution in [0.3, 0.4) is 0 Å². The van der Waals surface area contributed by atoms with E-state index in [9.17, 15) is 9.18 Å². The van der Waals surface area contributed by atoms with Gasteiger partial charge in [-0.1, -0.05) is 0 Å². The summed E-state index contributed by atoms with van der Waals surface area (Å²) in [7, 11) is 0. The number of piperidine rings is 1. The number of nitrogens with zero attached hydrogens (tertiary/aromatic N) is 4. The molecule has 0 N–H and O–H groups in total. The van der Waals surface area contributed by atoms with E-state index in [1.165, 1.54) is 0 Å². The lowest BCUT2D eigenvalue weighted by atomic mass is 9.80. The van der Waals surface area contributed by atoms with Crippen molar-refractivity contribution >= 4 is 11.7 Å². The van der Waals surface area contributed by atoms with Crippen LogP contribution in [0.15, 0.2) is 18.6 Å². The number of amides is 1. The molecule has 0 bridgehead atoms. The van der Waals surface area contributed by atoms with E-state index in [1.54, 1.807) is 23.5 Å². The Morgan fingerprint density at radius 1 is 1.17 bits per heavy atom. The predicted octanol–water partition coefficient (Wildman–Crippen LogP) is 1.57. The van der Waals surface area contributed by atoms with Crippen molar-refractivity contribution in [1.29, 1.82) is 0 Å². The van der Waals surface area contributed by atoms with Gasteiger partial charge in [-0.3, -0.25) is 9.78 Å².